The first-order valence-electron chi connectivity index (χ1n) is 5.87. The molecule has 2 aromatic carbocycles. The summed E-state index contributed by atoms with van der Waals surface area (Å²) in [7, 11) is 0. The molecule has 0 fully saturated rings. The van der Waals surface area contributed by atoms with Gasteiger partial charge in [0.1, 0.15) is 12.4 Å². The van der Waals surface area contributed by atoms with Crippen molar-refractivity contribution in [1.29, 1.82) is 0 Å². The van der Waals surface area contributed by atoms with Gasteiger partial charge in [0.25, 0.3) is 0 Å². The average molecular weight is 480 g/mol. The van der Waals surface area contributed by atoms with Crippen molar-refractivity contribution >= 4 is 45.2 Å². The largest absolute Gasteiger partial charge is 0.487 e. The summed E-state index contributed by atoms with van der Waals surface area (Å²) in [5.74, 6) is 0.889. The van der Waals surface area contributed by atoms with E-state index in [-0.39, 0.29) is 6.61 Å². The molecule has 0 aromatic heterocycles. The van der Waals surface area contributed by atoms with Gasteiger partial charge in [0.2, 0.25) is 0 Å². The van der Waals surface area contributed by atoms with Gasteiger partial charge in [0.05, 0.1) is 13.7 Å². The molecule has 0 atom stereocenters. The third-order valence-electron chi connectivity index (χ3n) is 2.71. The zero-order valence-electron chi connectivity index (χ0n) is 10.5. The van der Waals surface area contributed by atoms with Gasteiger partial charge in [0.15, 0.2) is 0 Å². The first-order chi connectivity index (χ1) is 9.10. The molecular formula is C15H14I2O2. The summed E-state index contributed by atoms with van der Waals surface area (Å²) < 4.78 is 7.97. The maximum atomic E-state index is 9.17. The molecule has 0 saturated heterocycles. The smallest absolute Gasteiger partial charge is 0.146 e. The molecule has 4 heteroatoms. The fourth-order valence-electron chi connectivity index (χ4n) is 1.80. The third-order valence-corrected chi connectivity index (χ3v) is 4.31. The number of benzene rings is 2. The topological polar surface area (TPSA) is 29.5 Å². The zero-order valence-corrected chi connectivity index (χ0v) is 14.8. The summed E-state index contributed by atoms with van der Waals surface area (Å²) in [5, 5.41) is 9.17. The van der Waals surface area contributed by atoms with Gasteiger partial charge < -0.3 is 9.84 Å². The third kappa shape index (κ3) is 4.06. The molecule has 2 nitrogen and oxygen atoms in total. The summed E-state index contributed by atoms with van der Waals surface area (Å²) in [6.45, 7) is 2.70. The molecule has 0 spiro atoms. The highest BCUT2D eigenvalue weighted by atomic mass is 127. The van der Waals surface area contributed by atoms with Crippen molar-refractivity contribution in [2.24, 2.45) is 0 Å². The molecule has 0 aliphatic heterocycles. The van der Waals surface area contributed by atoms with Gasteiger partial charge in [-0.2, -0.15) is 0 Å². The maximum absolute atomic E-state index is 9.17. The number of aliphatic hydroxyl groups excluding tert-OH is 1. The van der Waals surface area contributed by atoms with Crippen LogP contribution in [0.25, 0.3) is 0 Å². The van der Waals surface area contributed by atoms with E-state index in [1.807, 2.05) is 18.2 Å². The van der Waals surface area contributed by atoms with Gasteiger partial charge in [0, 0.05) is 0 Å². The van der Waals surface area contributed by atoms with Gasteiger partial charge in [-0.15, -0.1) is 0 Å². The van der Waals surface area contributed by atoms with Gasteiger partial charge >= 0.3 is 0 Å². The van der Waals surface area contributed by atoms with Gasteiger partial charge in [-0.05, 0) is 75.4 Å². The van der Waals surface area contributed by atoms with E-state index in [9.17, 15) is 0 Å². The van der Waals surface area contributed by atoms with Crippen LogP contribution in [0.4, 0.5) is 0 Å². The number of hydrogen-bond acceptors (Lipinski definition) is 2. The van der Waals surface area contributed by atoms with E-state index in [1.54, 1.807) is 0 Å². The Morgan fingerprint density at radius 1 is 1.05 bits per heavy atom. The predicted octanol–water partition coefficient (Wildman–Crippen LogP) is 4.28. The number of aliphatic hydroxyl groups is 1. The van der Waals surface area contributed by atoms with Crippen molar-refractivity contribution in [3.05, 3.63) is 60.2 Å². The Bertz CT molecular complexity index is 559. The minimum Gasteiger partial charge on any atom is -0.487 e. The Morgan fingerprint density at radius 2 is 1.74 bits per heavy atom. The quantitative estimate of drug-likeness (QED) is 0.663. The van der Waals surface area contributed by atoms with Crippen molar-refractivity contribution in [3.8, 4) is 5.75 Å². The van der Waals surface area contributed by atoms with E-state index in [1.165, 1.54) is 5.56 Å². The number of hydrogen-bond donors (Lipinski definition) is 1. The molecule has 1 N–H and O–H groups in total. The molecule has 19 heavy (non-hydrogen) atoms. The Morgan fingerprint density at radius 3 is 2.32 bits per heavy atom. The fraction of sp³-hybridized carbons (Fsp3) is 0.200. The second-order valence-electron chi connectivity index (χ2n) is 4.32. The first kappa shape index (κ1) is 15.1. The summed E-state index contributed by atoms with van der Waals surface area (Å²) in [5.41, 5.74) is 3.32. The van der Waals surface area contributed by atoms with E-state index in [2.05, 4.69) is 70.3 Å². The van der Waals surface area contributed by atoms with Crippen LogP contribution in [0.3, 0.4) is 0 Å². The van der Waals surface area contributed by atoms with E-state index in [0.717, 1.165) is 24.0 Å². The van der Waals surface area contributed by atoms with E-state index in [0.29, 0.717) is 6.61 Å². The highest BCUT2D eigenvalue weighted by Gasteiger charge is 2.09. The highest BCUT2D eigenvalue weighted by Crippen LogP contribution is 2.29. The van der Waals surface area contributed by atoms with Crippen molar-refractivity contribution in [3.63, 3.8) is 0 Å². The van der Waals surface area contributed by atoms with Crippen molar-refractivity contribution < 1.29 is 9.84 Å². The van der Waals surface area contributed by atoms with Gasteiger partial charge in [-0.3, -0.25) is 0 Å². The molecule has 0 heterocycles. The Hall–Kier alpha value is -0.340. The molecular weight excluding hydrogens is 466 g/mol. The predicted molar refractivity (Wildman–Crippen MR) is 93.3 cm³/mol. The minimum absolute atomic E-state index is 0.0597. The number of halogens is 2. The first-order valence-corrected chi connectivity index (χ1v) is 8.03. The molecule has 0 radical (unpaired) electrons. The van der Waals surface area contributed by atoms with Crippen molar-refractivity contribution in [2.75, 3.05) is 0 Å². The summed E-state index contributed by atoms with van der Waals surface area (Å²) in [6, 6.07) is 12.2. The number of rotatable bonds is 4. The van der Waals surface area contributed by atoms with Crippen LogP contribution < -0.4 is 4.74 Å². The summed E-state index contributed by atoms with van der Waals surface area (Å²) >= 11 is 4.49. The normalized spacial score (nSPS) is 10.5. The molecule has 0 amide bonds. The molecule has 0 aliphatic rings. The van der Waals surface area contributed by atoms with Crippen LogP contribution in [-0.2, 0) is 13.2 Å². The van der Waals surface area contributed by atoms with Crippen LogP contribution in [0.1, 0.15) is 16.7 Å². The van der Waals surface area contributed by atoms with E-state index < -0.39 is 0 Å². The second-order valence-corrected chi connectivity index (χ2v) is 6.65. The lowest BCUT2D eigenvalue weighted by molar-refractivity contribution is 0.280. The zero-order chi connectivity index (χ0) is 13.8. The molecule has 0 aliphatic carbocycles. The van der Waals surface area contributed by atoms with Crippen LogP contribution in [0.2, 0.25) is 0 Å². The Labute approximate surface area is 140 Å². The van der Waals surface area contributed by atoms with Crippen LogP contribution in [-0.4, -0.2) is 5.11 Å². The fourth-order valence-corrected chi connectivity index (χ4v) is 4.01. The minimum atomic E-state index is 0.0597. The summed E-state index contributed by atoms with van der Waals surface area (Å²) in [4.78, 5) is 0. The molecule has 0 unspecified atom stereocenters. The number of aryl methyl sites for hydroxylation is 1. The monoisotopic (exact) mass is 480 g/mol. The van der Waals surface area contributed by atoms with E-state index >= 15 is 0 Å². The van der Waals surface area contributed by atoms with E-state index in [4.69, 9.17) is 9.84 Å². The maximum Gasteiger partial charge on any atom is 0.146 e. The van der Waals surface area contributed by atoms with Crippen LogP contribution >= 0.6 is 45.2 Å². The molecule has 2 aromatic rings. The lowest BCUT2D eigenvalue weighted by Gasteiger charge is -2.12. The van der Waals surface area contributed by atoms with Crippen molar-refractivity contribution in [2.45, 2.75) is 20.1 Å². The average Bonchev–Trinajstić information content (AvgIpc) is 2.37. The molecule has 0 saturated carbocycles. The lowest BCUT2D eigenvalue weighted by atomic mass is 10.1. The van der Waals surface area contributed by atoms with Gasteiger partial charge in [-0.1, -0.05) is 29.8 Å². The van der Waals surface area contributed by atoms with Crippen LogP contribution in [0, 0.1) is 14.1 Å². The standard InChI is InChI=1S/C15H14I2O2/c1-10-3-2-4-11(5-10)9-19-15-13(16)6-12(8-18)7-14(15)17/h2-7,18H,8-9H2,1H3. The van der Waals surface area contributed by atoms with Crippen LogP contribution in [0.15, 0.2) is 36.4 Å². The molecule has 100 valence electrons. The highest BCUT2D eigenvalue weighted by molar-refractivity contribution is 14.1. The SMILES string of the molecule is Cc1cccc(COc2c(I)cc(CO)cc2I)c1. The second kappa shape index (κ2) is 6.90. The molecule has 0 bridgehead atoms. The Balaban J connectivity index is 2.16. The summed E-state index contributed by atoms with van der Waals surface area (Å²) in [6.07, 6.45) is 0. The van der Waals surface area contributed by atoms with Gasteiger partial charge in [-0.25, -0.2) is 0 Å². The lowest BCUT2D eigenvalue weighted by Crippen LogP contribution is -2.00. The Kier molecular flexibility index (Phi) is 5.47. The van der Waals surface area contributed by atoms with Crippen LogP contribution in [0.5, 0.6) is 5.75 Å². The molecule has 2 rings (SSSR count). The number of ether oxygens (including phenoxy) is 1. The van der Waals surface area contributed by atoms with Crippen molar-refractivity contribution in [1.82, 2.24) is 0 Å².